The summed E-state index contributed by atoms with van der Waals surface area (Å²) in [6.07, 6.45) is 1.76. The Morgan fingerprint density at radius 3 is 2.41 bits per heavy atom. The molecule has 2 heterocycles. The largest absolute Gasteiger partial charge is 0.497 e. The topological polar surface area (TPSA) is 97.6 Å². The second kappa shape index (κ2) is 13.4. The Labute approximate surface area is 263 Å². The van der Waals surface area contributed by atoms with Gasteiger partial charge < -0.3 is 23.7 Å². The van der Waals surface area contributed by atoms with Crippen LogP contribution in [0.15, 0.2) is 81.7 Å². The lowest BCUT2D eigenvalue weighted by Crippen LogP contribution is -2.40. The van der Waals surface area contributed by atoms with Gasteiger partial charge >= 0.3 is 5.97 Å². The highest BCUT2D eigenvalue weighted by Crippen LogP contribution is 2.37. The van der Waals surface area contributed by atoms with Gasteiger partial charge in [0.2, 0.25) is 0 Å². The number of rotatable bonds is 10. The molecule has 228 valence electrons. The average Bonchev–Trinajstić information content (AvgIpc) is 3.33. The van der Waals surface area contributed by atoms with Crippen molar-refractivity contribution in [1.29, 1.82) is 0 Å². The smallest absolute Gasteiger partial charge is 0.338 e. The standard InChI is InChI=1S/C33H31ClN2O7S/c1-6-42-32(38)29-19(2)35-33-36(30(29)24-13-12-23(39-3)17-26(24)40-4)31(37)28(44-33)16-21-9-14-25(27(15-21)41-5)43-18-20-7-10-22(34)11-8-20/h7-17,30H,6,18H2,1-5H3/b28-16-. The molecule has 5 rings (SSSR count). The van der Waals surface area contributed by atoms with Crippen molar-refractivity contribution < 1.29 is 28.5 Å². The van der Waals surface area contributed by atoms with Gasteiger partial charge in [-0.05, 0) is 67.4 Å². The van der Waals surface area contributed by atoms with Crippen LogP contribution in [0.1, 0.15) is 36.6 Å². The van der Waals surface area contributed by atoms with Crippen molar-refractivity contribution in [3.05, 3.63) is 113 Å². The molecule has 3 aromatic carbocycles. The molecule has 0 saturated heterocycles. The van der Waals surface area contributed by atoms with Crippen LogP contribution in [0.25, 0.3) is 6.08 Å². The average molecular weight is 635 g/mol. The normalized spacial score (nSPS) is 14.5. The number of allylic oxidation sites excluding steroid dienone is 1. The fraction of sp³-hybridized carbons (Fsp3) is 0.242. The Morgan fingerprint density at radius 2 is 1.73 bits per heavy atom. The molecule has 0 aliphatic carbocycles. The fourth-order valence-corrected chi connectivity index (χ4v) is 6.09. The first-order chi connectivity index (χ1) is 21.3. The van der Waals surface area contributed by atoms with Crippen LogP contribution in [0.2, 0.25) is 5.02 Å². The van der Waals surface area contributed by atoms with E-state index in [1.54, 1.807) is 64.5 Å². The Bertz CT molecular complexity index is 1910. The number of carbonyl (C=O) groups excluding carboxylic acids is 1. The SMILES string of the molecule is CCOC(=O)C1=C(C)N=c2s/c(=C\c3ccc(OCc4ccc(Cl)cc4)c(OC)c3)c(=O)n2C1c1ccc(OC)cc1OC. The van der Waals surface area contributed by atoms with Gasteiger partial charge in [-0.3, -0.25) is 9.36 Å². The number of carbonyl (C=O) groups is 1. The third kappa shape index (κ3) is 6.22. The summed E-state index contributed by atoms with van der Waals surface area (Å²) in [5.41, 5.74) is 2.70. The van der Waals surface area contributed by atoms with Gasteiger partial charge in [0.05, 0.1) is 43.7 Å². The lowest BCUT2D eigenvalue weighted by molar-refractivity contribution is -0.139. The number of hydrogen-bond acceptors (Lipinski definition) is 9. The summed E-state index contributed by atoms with van der Waals surface area (Å²) in [4.78, 5) is 32.4. The van der Waals surface area contributed by atoms with Gasteiger partial charge in [-0.2, -0.15) is 0 Å². The Kier molecular flexibility index (Phi) is 9.41. The number of fused-ring (bicyclic) bond motifs is 1. The minimum absolute atomic E-state index is 0.174. The van der Waals surface area contributed by atoms with E-state index in [1.807, 2.05) is 30.3 Å². The van der Waals surface area contributed by atoms with E-state index in [-0.39, 0.29) is 17.7 Å². The molecule has 0 saturated carbocycles. The van der Waals surface area contributed by atoms with Gasteiger partial charge in [-0.1, -0.05) is 41.1 Å². The Balaban J connectivity index is 1.57. The van der Waals surface area contributed by atoms with Gasteiger partial charge in [0, 0.05) is 16.7 Å². The molecular formula is C33H31ClN2O7S. The first-order valence-electron chi connectivity index (χ1n) is 13.7. The van der Waals surface area contributed by atoms with Crippen molar-refractivity contribution in [2.45, 2.75) is 26.5 Å². The van der Waals surface area contributed by atoms with Crippen molar-refractivity contribution >= 4 is 35.0 Å². The maximum Gasteiger partial charge on any atom is 0.338 e. The predicted molar refractivity (Wildman–Crippen MR) is 169 cm³/mol. The summed E-state index contributed by atoms with van der Waals surface area (Å²) in [7, 11) is 4.64. The Hall–Kier alpha value is -4.54. The van der Waals surface area contributed by atoms with Gasteiger partial charge in [0.15, 0.2) is 16.3 Å². The zero-order valence-electron chi connectivity index (χ0n) is 24.9. The lowest BCUT2D eigenvalue weighted by atomic mass is 9.95. The quantitative estimate of drug-likeness (QED) is 0.225. The summed E-state index contributed by atoms with van der Waals surface area (Å²) in [6, 6.07) is 17.3. The molecule has 0 N–H and O–H groups in total. The molecule has 9 nitrogen and oxygen atoms in total. The zero-order valence-corrected chi connectivity index (χ0v) is 26.5. The van der Waals surface area contributed by atoms with Crippen molar-refractivity contribution in [1.82, 2.24) is 4.57 Å². The van der Waals surface area contributed by atoms with E-state index in [0.29, 0.717) is 55.2 Å². The molecule has 0 spiro atoms. The molecule has 0 radical (unpaired) electrons. The molecular weight excluding hydrogens is 604 g/mol. The molecule has 1 aliphatic rings. The number of hydrogen-bond donors (Lipinski definition) is 0. The highest BCUT2D eigenvalue weighted by atomic mass is 35.5. The predicted octanol–water partition coefficient (Wildman–Crippen LogP) is 5.06. The summed E-state index contributed by atoms with van der Waals surface area (Å²) in [6.45, 7) is 3.98. The highest BCUT2D eigenvalue weighted by Gasteiger charge is 2.35. The minimum Gasteiger partial charge on any atom is -0.497 e. The van der Waals surface area contributed by atoms with Gasteiger partial charge in [-0.15, -0.1) is 0 Å². The van der Waals surface area contributed by atoms with Crippen LogP contribution in [0, 0.1) is 0 Å². The van der Waals surface area contributed by atoms with Crippen LogP contribution in [-0.2, 0) is 16.1 Å². The number of thiazole rings is 1. The van der Waals surface area contributed by atoms with E-state index >= 15 is 0 Å². The number of halogens is 1. The lowest BCUT2D eigenvalue weighted by Gasteiger charge is -2.26. The maximum absolute atomic E-state index is 14.0. The van der Waals surface area contributed by atoms with Crippen LogP contribution < -0.4 is 33.8 Å². The van der Waals surface area contributed by atoms with Crippen LogP contribution in [0.4, 0.5) is 0 Å². The molecule has 11 heteroatoms. The van der Waals surface area contributed by atoms with Crippen LogP contribution in [0.5, 0.6) is 23.0 Å². The van der Waals surface area contributed by atoms with E-state index in [2.05, 4.69) is 4.99 Å². The number of aromatic nitrogens is 1. The van der Waals surface area contributed by atoms with Gasteiger partial charge in [0.1, 0.15) is 24.1 Å². The summed E-state index contributed by atoms with van der Waals surface area (Å²) in [5.74, 6) is 1.55. The van der Waals surface area contributed by atoms with Gasteiger partial charge in [-0.25, -0.2) is 9.79 Å². The summed E-state index contributed by atoms with van der Waals surface area (Å²) in [5, 5.41) is 0.655. The Morgan fingerprint density at radius 1 is 0.977 bits per heavy atom. The van der Waals surface area contributed by atoms with Crippen LogP contribution >= 0.6 is 22.9 Å². The minimum atomic E-state index is -0.827. The molecule has 4 aromatic rings. The number of esters is 1. The first-order valence-corrected chi connectivity index (χ1v) is 14.9. The van der Waals surface area contributed by atoms with Gasteiger partial charge in [0.25, 0.3) is 5.56 Å². The van der Waals surface area contributed by atoms with Crippen molar-refractivity contribution in [2.24, 2.45) is 4.99 Å². The van der Waals surface area contributed by atoms with E-state index in [9.17, 15) is 9.59 Å². The summed E-state index contributed by atoms with van der Waals surface area (Å²) < 4.78 is 30.0. The van der Waals surface area contributed by atoms with E-state index in [4.69, 9.17) is 35.3 Å². The second-order valence-corrected chi connectivity index (χ2v) is 11.2. The third-order valence-corrected chi connectivity index (χ3v) is 8.28. The molecule has 0 amide bonds. The number of nitrogens with zero attached hydrogens (tertiary/aromatic N) is 2. The van der Waals surface area contributed by atoms with Crippen molar-refractivity contribution in [3.8, 4) is 23.0 Å². The maximum atomic E-state index is 14.0. The van der Waals surface area contributed by atoms with Crippen LogP contribution in [0.3, 0.4) is 0 Å². The highest BCUT2D eigenvalue weighted by molar-refractivity contribution is 7.07. The fourth-order valence-electron chi connectivity index (χ4n) is 4.92. The monoisotopic (exact) mass is 634 g/mol. The van der Waals surface area contributed by atoms with Crippen molar-refractivity contribution in [2.75, 3.05) is 27.9 Å². The molecule has 1 aromatic heterocycles. The zero-order chi connectivity index (χ0) is 31.4. The third-order valence-electron chi connectivity index (χ3n) is 7.05. The first kappa shape index (κ1) is 30.9. The van der Waals surface area contributed by atoms with E-state index in [0.717, 1.165) is 11.1 Å². The molecule has 0 bridgehead atoms. The second-order valence-electron chi connectivity index (χ2n) is 9.74. The van der Waals surface area contributed by atoms with E-state index < -0.39 is 12.0 Å². The molecule has 1 aliphatic heterocycles. The molecule has 44 heavy (non-hydrogen) atoms. The van der Waals surface area contributed by atoms with Crippen molar-refractivity contribution in [3.63, 3.8) is 0 Å². The van der Waals surface area contributed by atoms with E-state index in [1.165, 1.54) is 23.0 Å². The number of methoxy groups -OCH3 is 3. The molecule has 1 unspecified atom stereocenters. The number of benzene rings is 3. The molecule has 1 atom stereocenters. The number of ether oxygens (including phenoxy) is 5. The van der Waals surface area contributed by atoms with Crippen LogP contribution in [-0.4, -0.2) is 38.5 Å². The molecule has 0 fully saturated rings. The summed E-state index contributed by atoms with van der Waals surface area (Å²) >= 11 is 7.21.